The highest BCUT2D eigenvalue weighted by Crippen LogP contribution is 2.54. The Morgan fingerprint density at radius 3 is 2.30 bits per heavy atom. The van der Waals surface area contributed by atoms with E-state index in [9.17, 15) is 20.1 Å². The lowest BCUT2D eigenvalue weighted by molar-refractivity contribution is -0.159. The first kappa shape index (κ1) is 19.2. The minimum atomic E-state index is -2.00. The molecule has 1 aliphatic rings. The molecule has 2 aromatic carbocycles. The molecule has 3 aromatic rings. The van der Waals surface area contributed by atoms with Crippen LogP contribution in [0.2, 0.25) is 0 Å². The molecular formula is C24H16N2O4. The molecule has 4 rings (SSSR count). The standard InChI is InChI=1S/C24H16N2O4/c1-15-12-23(13-25,14-26)24(30-16(2)27,17-8-4-3-5-9-17)20-21(28)18-10-6-7-11-19(18)29-22(15)20/h3-12H,1-2H3. The van der Waals surface area contributed by atoms with Gasteiger partial charge in [0.15, 0.2) is 0 Å². The van der Waals surface area contributed by atoms with E-state index in [0.29, 0.717) is 16.7 Å². The number of allylic oxidation sites excluding steroid dienone is 1. The Balaban J connectivity index is 2.30. The number of nitriles is 2. The number of esters is 1. The molecule has 0 radical (unpaired) electrons. The first-order valence-electron chi connectivity index (χ1n) is 9.24. The third kappa shape index (κ3) is 2.41. The summed E-state index contributed by atoms with van der Waals surface area (Å²) in [6.07, 6.45) is 1.41. The van der Waals surface area contributed by atoms with E-state index in [1.165, 1.54) is 13.0 Å². The summed E-state index contributed by atoms with van der Waals surface area (Å²) in [5.41, 5.74) is -3.34. The van der Waals surface area contributed by atoms with Gasteiger partial charge in [-0.3, -0.25) is 9.59 Å². The normalized spacial score (nSPS) is 19.1. The number of ether oxygens (including phenoxy) is 1. The Morgan fingerprint density at radius 1 is 1.03 bits per heavy atom. The third-order valence-corrected chi connectivity index (χ3v) is 5.33. The SMILES string of the molecule is CC(=O)OC1(c2ccccc2)c2c(oc3ccccc3c2=O)C(C)=CC1(C#N)C#N. The highest BCUT2D eigenvalue weighted by molar-refractivity contribution is 5.83. The Labute approximate surface area is 172 Å². The van der Waals surface area contributed by atoms with Crippen molar-refractivity contribution in [3.63, 3.8) is 0 Å². The number of fused-ring (bicyclic) bond motifs is 2. The largest absolute Gasteiger partial charge is 0.456 e. The van der Waals surface area contributed by atoms with Crippen LogP contribution in [-0.2, 0) is 15.1 Å². The van der Waals surface area contributed by atoms with Gasteiger partial charge in [0, 0.05) is 12.5 Å². The van der Waals surface area contributed by atoms with Crippen LogP contribution in [0.4, 0.5) is 0 Å². The second-order valence-electron chi connectivity index (χ2n) is 7.13. The van der Waals surface area contributed by atoms with Crippen molar-refractivity contribution in [1.29, 1.82) is 10.5 Å². The third-order valence-electron chi connectivity index (χ3n) is 5.33. The minimum Gasteiger partial charge on any atom is -0.456 e. The molecule has 0 saturated heterocycles. The molecule has 0 amide bonds. The molecule has 0 fully saturated rings. The van der Waals surface area contributed by atoms with Gasteiger partial charge in [0.2, 0.25) is 16.4 Å². The molecule has 0 saturated carbocycles. The van der Waals surface area contributed by atoms with Gasteiger partial charge in [-0.05, 0) is 30.7 Å². The molecule has 6 heteroatoms. The van der Waals surface area contributed by atoms with Crippen LogP contribution < -0.4 is 5.43 Å². The molecule has 6 nitrogen and oxygen atoms in total. The number of nitrogens with zero attached hydrogens (tertiary/aromatic N) is 2. The molecule has 30 heavy (non-hydrogen) atoms. The number of hydrogen-bond donors (Lipinski definition) is 0. The molecule has 0 spiro atoms. The van der Waals surface area contributed by atoms with Crippen LogP contribution in [0, 0.1) is 28.1 Å². The molecule has 1 heterocycles. The monoisotopic (exact) mass is 396 g/mol. The van der Waals surface area contributed by atoms with Gasteiger partial charge in [0.1, 0.15) is 11.3 Å². The Hall–Kier alpha value is -4.16. The molecule has 146 valence electrons. The molecule has 1 aliphatic carbocycles. The van der Waals surface area contributed by atoms with Crippen LogP contribution >= 0.6 is 0 Å². The second kappa shape index (κ2) is 6.72. The van der Waals surface area contributed by atoms with Crippen molar-refractivity contribution < 1.29 is 13.9 Å². The fourth-order valence-corrected chi connectivity index (χ4v) is 4.13. The maximum atomic E-state index is 13.7. The molecule has 0 bridgehead atoms. The number of rotatable bonds is 2. The van der Waals surface area contributed by atoms with Crippen LogP contribution in [0.1, 0.15) is 30.7 Å². The highest BCUT2D eigenvalue weighted by atomic mass is 16.6. The van der Waals surface area contributed by atoms with Crippen molar-refractivity contribution in [2.24, 2.45) is 5.41 Å². The van der Waals surface area contributed by atoms with Crippen LogP contribution in [0.15, 0.2) is 69.9 Å². The summed E-state index contributed by atoms with van der Waals surface area (Å²) in [7, 11) is 0. The van der Waals surface area contributed by atoms with E-state index in [-0.39, 0.29) is 16.7 Å². The summed E-state index contributed by atoms with van der Waals surface area (Å²) in [4.78, 5) is 26.0. The van der Waals surface area contributed by atoms with Gasteiger partial charge in [-0.15, -0.1) is 0 Å². The average Bonchev–Trinajstić information content (AvgIpc) is 2.76. The van der Waals surface area contributed by atoms with Gasteiger partial charge in [0.25, 0.3) is 0 Å². The zero-order valence-electron chi connectivity index (χ0n) is 16.3. The van der Waals surface area contributed by atoms with Crippen molar-refractivity contribution in [3.05, 3.63) is 87.8 Å². The highest BCUT2D eigenvalue weighted by Gasteiger charge is 2.62. The fraction of sp³-hybridized carbons (Fsp3) is 0.167. The van der Waals surface area contributed by atoms with E-state index in [1.807, 2.05) is 12.1 Å². The topological polar surface area (TPSA) is 104 Å². The average molecular weight is 396 g/mol. The Morgan fingerprint density at radius 2 is 1.67 bits per heavy atom. The lowest BCUT2D eigenvalue weighted by Gasteiger charge is -2.43. The van der Waals surface area contributed by atoms with Gasteiger partial charge in [-0.2, -0.15) is 10.5 Å². The van der Waals surface area contributed by atoms with Gasteiger partial charge in [-0.1, -0.05) is 42.5 Å². The number of para-hydroxylation sites is 1. The molecule has 0 aliphatic heterocycles. The van der Waals surface area contributed by atoms with Crippen LogP contribution in [0.25, 0.3) is 16.5 Å². The summed E-state index contributed by atoms with van der Waals surface area (Å²) in [6, 6.07) is 19.1. The van der Waals surface area contributed by atoms with Crippen LogP contribution in [0.3, 0.4) is 0 Å². The number of hydrogen-bond acceptors (Lipinski definition) is 6. The van der Waals surface area contributed by atoms with Gasteiger partial charge in [-0.25, -0.2) is 0 Å². The number of carbonyl (C=O) groups is 1. The quantitative estimate of drug-likeness (QED) is 0.605. The molecular weight excluding hydrogens is 380 g/mol. The fourth-order valence-electron chi connectivity index (χ4n) is 4.13. The summed E-state index contributed by atoms with van der Waals surface area (Å²) in [5.74, 6) is -0.551. The van der Waals surface area contributed by atoms with Crippen LogP contribution in [0.5, 0.6) is 0 Å². The smallest absolute Gasteiger partial charge is 0.303 e. The van der Waals surface area contributed by atoms with E-state index >= 15 is 0 Å². The van der Waals surface area contributed by atoms with Crippen molar-refractivity contribution in [2.75, 3.05) is 0 Å². The summed E-state index contributed by atoms with van der Waals surface area (Å²) < 4.78 is 11.8. The molecule has 1 unspecified atom stereocenters. The first-order valence-corrected chi connectivity index (χ1v) is 9.24. The van der Waals surface area contributed by atoms with E-state index in [2.05, 4.69) is 0 Å². The van der Waals surface area contributed by atoms with Crippen molar-refractivity contribution in [2.45, 2.75) is 19.4 Å². The lowest BCUT2D eigenvalue weighted by Crippen LogP contribution is -2.52. The zero-order chi connectivity index (χ0) is 21.5. The summed E-state index contributed by atoms with van der Waals surface area (Å²) in [6.45, 7) is 2.83. The van der Waals surface area contributed by atoms with Crippen molar-refractivity contribution >= 4 is 22.5 Å². The first-order chi connectivity index (χ1) is 14.4. The lowest BCUT2D eigenvalue weighted by atomic mass is 9.62. The summed E-state index contributed by atoms with van der Waals surface area (Å²) in [5, 5.41) is 20.6. The van der Waals surface area contributed by atoms with E-state index < -0.39 is 22.4 Å². The van der Waals surface area contributed by atoms with E-state index in [0.717, 1.165) is 0 Å². The second-order valence-corrected chi connectivity index (χ2v) is 7.13. The van der Waals surface area contributed by atoms with Gasteiger partial charge >= 0.3 is 5.97 Å². The molecule has 1 aromatic heterocycles. The van der Waals surface area contributed by atoms with E-state index in [4.69, 9.17) is 9.15 Å². The molecule has 0 N–H and O–H groups in total. The maximum absolute atomic E-state index is 13.7. The minimum absolute atomic E-state index is 0.0364. The van der Waals surface area contributed by atoms with E-state index in [1.54, 1.807) is 61.5 Å². The zero-order valence-corrected chi connectivity index (χ0v) is 16.3. The predicted octanol–water partition coefficient (Wildman–Crippen LogP) is 4.05. The van der Waals surface area contributed by atoms with Crippen molar-refractivity contribution in [3.8, 4) is 12.1 Å². The van der Waals surface area contributed by atoms with Crippen molar-refractivity contribution in [1.82, 2.24) is 0 Å². The number of carbonyl (C=O) groups excluding carboxylic acids is 1. The van der Waals surface area contributed by atoms with Crippen LogP contribution in [-0.4, -0.2) is 5.97 Å². The predicted molar refractivity (Wildman–Crippen MR) is 109 cm³/mol. The van der Waals surface area contributed by atoms with Gasteiger partial charge < -0.3 is 9.15 Å². The number of benzene rings is 2. The van der Waals surface area contributed by atoms with Gasteiger partial charge in [0.05, 0.1) is 23.1 Å². The Bertz CT molecular complexity index is 1340. The molecule has 1 atom stereocenters. The Kier molecular flexibility index (Phi) is 4.29. The summed E-state index contributed by atoms with van der Waals surface area (Å²) >= 11 is 0. The maximum Gasteiger partial charge on any atom is 0.303 e.